The van der Waals surface area contributed by atoms with Crippen LogP contribution in [-0.4, -0.2) is 5.11 Å². The number of aryl methyl sites for hydroxylation is 5. The Bertz CT molecular complexity index is 1490. The molecule has 0 saturated carbocycles. The molecule has 1 N–H and O–H groups in total. The number of benzene rings is 4. The highest BCUT2D eigenvalue weighted by atomic mass is 16.3. The smallest absolute Gasteiger partial charge is 0.115 e. The van der Waals surface area contributed by atoms with Gasteiger partial charge in [-0.2, -0.15) is 0 Å². The summed E-state index contributed by atoms with van der Waals surface area (Å²) in [4.78, 5) is 0. The van der Waals surface area contributed by atoms with Crippen LogP contribution in [-0.2, 0) is 31.1 Å². The molecule has 0 radical (unpaired) electrons. The number of hydrogen-bond donors (Lipinski definition) is 1. The second-order valence-corrected chi connectivity index (χ2v) is 15.8. The van der Waals surface area contributed by atoms with Gasteiger partial charge in [0.05, 0.1) is 5.41 Å². The third kappa shape index (κ3) is 9.57. The number of aromatic hydroxyl groups is 1. The van der Waals surface area contributed by atoms with E-state index < -0.39 is 5.41 Å². The molecule has 4 aromatic carbocycles. The summed E-state index contributed by atoms with van der Waals surface area (Å²) in [6, 6.07) is 28.6. The van der Waals surface area contributed by atoms with Gasteiger partial charge in [0.15, 0.2) is 0 Å². The van der Waals surface area contributed by atoms with Crippen LogP contribution in [0.15, 0.2) is 72.8 Å². The third-order valence-corrected chi connectivity index (χ3v) is 11.5. The zero-order valence-electron chi connectivity index (χ0n) is 33.0. The van der Waals surface area contributed by atoms with Crippen LogP contribution in [0.25, 0.3) is 11.1 Å². The van der Waals surface area contributed by atoms with Crippen LogP contribution in [0.2, 0.25) is 0 Å². The van der Waals surface area contributed by atoms with Gasteiger partial charge in [-0.05, 0) is 126 Å². The lowest BCUT2D eigenvalue weighted by Crippen LogP contribution is -2.29. The van der Waals surface area contributed by atoms with Crippen LogP contribution in [0.5, 0.6) is 5.75 Å². The molecule has 0 atom stereocenters. The van der Waals surface area contributed by atoms with E-state index in [1.54, 1.807) is 0 Å². The Morgan fingerprint density at radius 2 is 0.784 bits per heavy atom. The molecule has 0 spiro atoms. The van der Waals surface area contributed by atoms with Gasteiger partial charge in [0.1, 0.15) is 5.75 Å². The quantitative estimate of drug-likeness (QED) is 0.0720. The van der Waals surface area contributed by atoms with Gasteiger partial charge in [-0.15, -0.1) is 0 Å². The monoisotopic (exact) mass is 685 g/mol. The van der Waals surface area contributed by atoms with Crippen LogP contribution >= 0.6 is 0 Å². The minimum atomic E-state index is -0.495. The molecule has 1 nitrogen and oxygen atoms in total. The number of fused-ring (bicyclic) bond motifs is 3. The van der Waals surface area contributed by atoms with Gasteiger partial charge in [0.2, 0.25) is 0 Å². The minimum absolute atomic E-state index is 0.355. The molecule has 0 amide bonds. The average Bonchev–Trinajstić information content (AvgIpc) is 3.41. The van der Waals surface area contributed by atoms with E-state index in [0.29, 0.717) is 5.75 Å². The van der Waals surface area contributed by atoms with Crippen LogP contribution in [0.4, 0.5) is 0 Å². The molecule has 0 aliphatic heterocycles. The number of phenolic OH excluding ortho intramolecular Hbond substituents is 1. The molecule has 0 aromatic heterocycles. The molecule has 0 unspecified atom stereocenters. The summed E-state index contributed by atoms with van der Waals surface area (Å²) < 4.78 is 0. The van der Waals surface area contributed by atoms with E-state index in [1.165, 1.54) is 164 Å². The second-order valence-electron chi connectivity index (χ2n) is 15.8. The van der Waals surface area contributed by atoms with Crippen molar-refractivity contribution < 1.29 is 5.11 Å². The molecule has 1 aliphatic carbocycles. The van der Waals surface area contributed by atoms with Crippen molar-refractivity contribution in [1.82, 2.24) is 0 Å². The molecule has 1 aliphatic rings. The lowest BCUT2D eigenvalue weighted by atomic mass is 9.66. The molecule has 4 aromatic rings. The van der Waals surface area contributed by atoms with Gasteiger partial charge in [-0.1, -0.05) is 171 Å². The van der Waals surface area contributed by atoms with Crippen LogP contribution < -0.4 is 0 Å². The first-order valence-electron chi connectivity index (χ1n) is 21.2. The maximum Gasteiger partial charge on any atom is 0.115 e. The number of rotatable bonds is 22. The fraction of sp³-hybridized carbons (Fsp3) is 0.520. The standard InChI is InChI=1S/C50H68O/c1-6-10-14-18-22-39-31-40(23-19-15-11-7-2)34-43(33-39)50(48-30-38(5)26-28-46(48)47-29-27-45(51)37-49(47)50)44-35-41(24-20-16-12-8-3)32-42(36-44)25-21-17-13-9-4/h26-37,51H,6-25H2,1-5H3. The molecule has 5 rings (SSSR count). The molecule has 0 bridgehead atoms. The van der Waals surface area contributed by atoms with Crippen molar-refractivity contribution in [2.24, 2.45) is 0 Å². The maximum absolute atomic E-state index is 11.2. The first-order chi connectivity index (χ1) is 24.9. The summed E-state index contributed by atoms with van der Waals surface area (Å²) in [5.41, 5.74) is 14.7. The number of unbranched alkanes of at least 4 members (excludes halogenated alkanes) is 12. The van der Waals surface area contributed by atoms with E-state index in [1.807, 2.05) is 6.07 Å². The molecule has 274 valence electrons. The number of phenols is 1. The van der Waals surface area contributed by atoms with Gasteiger partial charge in [-0.3, -0.25) is 0 Å². The third-order valence-electron chi connectivity index (χ3n) is 11.5. The zero-order valence-corrected chi connectivity index (χ0v) is 33.0. The van der Waals surface area contributed by atoms with Crippen molar-refractivity contribution in [3.8, 4) is 16.9 Å². The Morgan fingerprint density at radius 1 is 0.412 bits per heavy atom. The highest BCUT2D eigenvalue weighted by molar-refractivity contribution is 5.87. The molecule has 0 saturated heterocycles. The van der Waals surface area contributed by atoms with Crippen LogP contribution in [0, 0.1) is 6.92 Å². The molecule has 0 heterocycles. The molecule has 1 heteroatoms. The highest BCUT2D eigenvalue weighted by Gasteiger charge is 2.47. The summed E-state index contributed by atoms with van der Waals surface area (Å²) in [6.45, 7) is 11.5. The molecule has 51 heavy (non-hydrogen) atoms. The van der Waals surface area contributed by atoms with Crippen molar-refractivity contribution in [3.05, 3.63) is 123 Å². The molecular formula is C50H68O. The average molecular weight is 685 g/mol. The van der Waals surface area contributed by atoms with Crippen molar-refractivity contribution in [2.75, 3.05) is 0 Å². The SMILES string of the molecule is CCCCCCc1cc(CCCCCC)cc(C2(c3cc(CCCCCC)cc(CCCCCC)c3)c3cc(C)ccc3-c3ccc(O)cc32)c1. The largest absolute Gasteiger partial charge is 0.508 e. The Balaban J connectivity index is 1.77. The van der Waals surface area contributed by atoms with Crippen LogP contribution in [0.1, 0.15) is 180 Å². The summed E-state index contributed by atoms with van der Waals surface area (Å²) in [7, 11) is 0. The molecule has 0 fully saturated rings. The Kier molecular flexibility index (Phi) is 14.9. The fourth-order valence-electron chi connectivity index (χ4n) is 8.77. The Labute approximate surface area is 312 Å². The van der Waals surface area contributed by atoms with Gasteiger partial charge in [0.25, 0.3) is 0 Å². The predicted octanol–water partition coefficient (Wildman–Crippen LogP) is 14.6. The van der Waals surface area contributed by atoms with E-state index in [9.17, 15) is 5.11 Å². The van der Waals surface area contributed by atoms with Gasteiger partial charge in [0, 0.05) is 0 Å². The van der Waals surface area contributed by atoms with Crippen molar-refractivity contribution in [2.45, 2.75) is 168 Å². The Morgan fingerprint density at radius 3 is 1.18 bits per heavy atom. The Hall–Kier alpha value is -3.32. The van der Waals surface area contributed by atoms with E-state index in [2.05, 4.69) is 101 Å². The second kappa shape index (κ2) is 19.5. The van der Waals surface area contributed by atoms with Gasteiger partial charge >= 0.3 is 0 Å². The minimum Gasteiger partial charge on any atom is -0.508 e. The topological polar surface area (TPSA) is 20.2 Å². The lowest BCUT2D eigenvalue weighted by Gasteiger charge is -2.35. The zero-order chi connectivity index (χ0) is 36.1. The summed E-state index contributed by atoms with van der Waals surface area (Å²) in [6.07, 6.45) is 24.9. The summed E-state index contributed by atoms with van der Waals surface area (Å²) >= 11 is 0. The van der Waals surface area contributed by atoms with E-state index in [-0.39, 0.29) is 0 Å². The maximum atomic E-state index is 11.2. The van der Waals surface area contributed by atoms with E-state index in [4.69, 9.17) is 0 Å². The van der Waals surface area contributed by atoms with Gasteiger partial charge in [-0.25, -0.2) is 0 Å². The van der Waals surface area contributed by atoms with Crippen molar-refractivity contribution in [3.63, 3.8) is 0 Å². The number of hydrogen-bond acceptors (Lipinski definition) is 1. The highest BCUT2D eigenvalue weighted by Crippen LogP contribution is 2.57. The van der Waals surface area contributed by atoms with E-state index in [0.717, 1.165) is 25.7 Å². The fourth-order valence-corrected chi connectivity index (χ4v) is 8.77. The predicted molar refractivity (Wildman–Crippen MR) is 222 cm³/mol. The summed E-state index contributed by atoms with van der Waals surface area (Å²) in [5, 5.41) is 11.2. The normalized spacial score (nSPS) is 13.0. The van der Waals surface area contributed by atoms with Crippen molar-refractivity contribution >= 4 is 0 Å². The lowest BCUT2D eigenvalue weighted by molar-refractivity contribution is 0.474. The van der Waals surface area contributed by atoms with E-state index >= 15 is 0 Å². The molecular weight excluding hydrogens is 617 g/mol. The van der Waals surface area contributed by atoms with Gasteiger partial charge < -0.3 is 5.11 Å². The first-order valence-corrected chi connectivity index (χ1v) is 21.2. The van der Waals surface area contributed by atoms with Crippen LogP contribution in [0.3, 0.4) is 0 Å². The first kappa shape index (κ1) is 38.9. The summed E-state index contributed by atoms with van der Waals surface area (Å²) in [5.74, 6) is 0.355. The van der Waals surface area contributed by atoms with Crippen molar-refractivity contribution in [1.29, 1.82) is 0 Å².